The van der Waals surface area contributed by atoms with E-state index in [1.54, 1.807) is 4.90 Å². The number of carboxylic acids is 1. The van der Waals surface area contributed by atoms with Gasteiger partial charge in [0.05, 0.1) is 16.9 Å². The van der Waals surface area contributed by atoms with Crippen molar-refractivity contribution >= 4 is 22.6 Å². The van der Waals surface area contributed by atoms with Gasteiger partial charge >= 0.3 is 11.8 Å². The molecule has 180 valence electrons. The summed E-state index contributed by atoms with van der Waals surface area (Å²) in [5, 5.41) is 9.11. The Labute approximate surface area is 191 Å². The molecular formula is C23H23F2N3O6. The minimum Gasteiger partial charge on any atom is -0.477 e. The van der Waals surface area contributed by atoms with Crippen LogP contribution in [0, 0.1) is 11.6 Å². The van der Waals surface area contributed by atoms with Crippen LogP contribution in [0.5, 0.6) is 0 Å². The Morgan fingerprint density at radius 2 is 1.97 bits per heavy atom. The minimum absolute atomic E-state index is 0.0717. The minimum atomic E-state index is -1.43. The van der Waals surface area contributed by atoms with Crippen molar-refractivity contribution in [3.8, 4) is 0 Å². The van der Waals surface area contributed by atoms with Gasteiger partial charge in [-0.25, -0.2) is 18.4 Å². The second-order valence-corrected chi connectivity index (χ2v) is 8.93. The largest absolute Gasteiger partial charge is 0.518 e. The van der Waals surface area contributed by atoms with Crippen molar-refractivity contribution in [3.05, 3.63) is 62.3 Å². The molecule has 1 aromatic carbocycles. The fraction of sp³-hybridized carbons (Fsp3) is 0.435. The highest BCUT2D eigenvalue weighted by Crippen LogP contribution is 2.40. The quantitative estimate of drug-likeness (QED) is 0.600. The van der Waals surface area contributed by atoms with Gasteiger partial charge in [-0.15, -0.1) is 0 Å². The Bertz CT molecular complexity index is 1410. The number of aromatic carboxylic acids is 1. The van der Waals surface area contributed by atoms with Gasteiger partial charge in [0.2, 0.25) is 5.43 Å². The highest BCUT2D eigenvalue weighted by molar-refractivity contribution is 5.94. The van der Waals surface area contributed by atoms with Gasteiger partial charge in [-0.3, -0.25) is 9.69 Å². The van der Waals surface area contributed by atoms with Gasteiger partial charge in [0.25, 0.3) is 0 Å². The summed E-state index contributed by atoms with van der Waals surface area (Å²) in [4.78, 5) is 39.1. The van der Waals surface area contributed by atoms with E-state index in [0.29, 0.717) is 12.3 Å². The van der Waals surface area contributed by atoms with Crippen LogP contribution in [-0.2, 0) is 0 Å². The number of pyridine rings is 1. The van der Waals surface area contributed by atoms with Crippen LogP contribution in [0.2, 0.25) is 0 Å². The van der Waals surface area contributed by atoms with Crippen LogP contribution in [0.3, 0.4) is 0 Å². The van der Waals surface area contributed by atoms with Crippen LogP contribution in [0.15, 0.2) is 36.9 Å². The lowest BCUT2D eigenvalue weighted by atomic mass is 10.1. The lowest BCUT2D eigenvalue weighted by Gasteiger charge is -2.43. The van der Waals surface area contributed by atoms with E-state index in [0.717, 1.165) is 25.1 Å². The molecule has 1 N–H and O–H groups in total. The van der Waals surface area contributed by atoms with Crippen molar-refractivity contribution in [1.82, 2.24) is 9.47 Å². The first-order valence-corrected chi connectivity index (χ1v) is 11.1. The van der Waals surface area contributed by atoms with Gasteiger partial charge in [0.15, 0.2) is 11.6 Å². The van der Waals surface area contributed by atoms with Gasteiger partial charge in [0, 0.05) is 37.9 Å². The van der Waals surface area contributed by atoms with Crippen molar-refractivity contribution < 1.29 is 27.5 Å². The molecule has 9 nitrogen and oxygen atoms in total. The molecule has 3 heterocycles. The Balaban J connectivity index is 1.53. The van der Waals surface area contributed by atoms with Gasteiger partial charge in [-0.05, 0) is 32.8 Å². The van der Waals surface area contributed by atoms with Gasteiger partial charge in [-0.1, -0.05) is 0 Å². The summed E-state index contributed by atoms with van der Waals surface area (Å²) < 4.78 is 42.3. The number of halogens is 2. The number of nitrogens with zero attached hydrogens (tertiary/aromatic N) is 3. The standard InChI is InChI=1S/C23H23F2N3O6/c1-11-8-26(5-6-27(11)12(2)17-10-33-23(32)34-17)20-16(24)7-14-19(18(20)25)28(13-3-4-13)9-15(21(14)29)22(30)31/h7,9-13H,3-6,8H2,1-2H3,(H,30,31)/t11?,12-/m0/s1. The number of carboxylic acid groups (broad SMARTS) is 1. The summed E-state index contributed by atoms with van der Waals surface area (Å²) >= 11 is 0. The van der Waals surface area contributed by atoms with Crippen molar-refractivity contribution in [2.45, 2.75) is 44.8 Å². The number of rotatable bonds is 5. The number of hydrogen-bond donors (Lipinski definition) is 1. The molecule has 1 saturated carbocycles. The third kappa shape index (κ3) is 3.60. The molecule has 5 rings (SSSR count). The number of hydrogen-bond acceptors (Lipinski definition) is 7. The zero-order valence-electron chi connectivity index (χ0n) is 18.6. The molecule has 1 saturated heterocycles. The molecule has 2 atom stereocenters. The molecule has 1 unspecified atom stereocenters. The van der Waals surface area contributed by atoms with Crippen LogP contribution in [0.1, 0.15) is 54.9 Å². The predicted octanol–water partition coefficient (Wildman–Crippen LogP) is 3.13. The summed E-state index contributed by atoms with van der Waals surface area (Å²) in [6.45, 7) is 4.76. The molecular weight excluding hydrogens is 452 g/mol. The molecule has 0 amide bonds. The summed E-state index contributed by atoms with van der Waals surface area (Å²) in [5.41, 5.74) is -1.72. The molecule has 0 bridgehead atoms. The van der Waals surface area contributed by atoms with Crippen molar-refractivity contribution in [2.75, 3.05) is 24.5 Å². The molecule has 1 aliphatic heterocycles. The third-order valence-corrected chi connectivity index (χ3v) is 6.73. The third-order valence-electron chi connectivity index (χ3n) is 6.73. The fourth-order valence-electron chi connectivity index (χ4n) is 4.86. The Hall–Kier alpha value is -3.47. The smallest absolute Gasteiger partial charge is 0.477 e. The summed E-state index contributed by atoms with van der Waals surface area (Å²) in [5.74, 6) is -3.64. The molecule has 0 radical (unpaired) electrons. The van der Waals surface area contributed by atoms with E-state index >= 15 is 8.78 Å². The van der Waals surface area contributed by atoms with Crippen LogP contribution in [-0.4, -0.2) is 46.2 Å². The van der Waals surface area contributed by atoms with E-state index in [-0.39, 0.29) is 47.8 Å². The second-order valence-electron chi connectivity index (χ2n) is 8.93. The van der Waals surface area contributed by atoms with E-state index < -0.39 is 34.4 Å². The topological polar surface area (TPSA) is 109 Å². The number of piperazine rings is 1. The molecule has 2 aromatic heterocycles. The number of fused-ring (bicyclic) bond motifs is 1. The molecule has 0 spiro atoms. The normalized spacial score (nSPS) is 20.1. The molecule has 2 fully saturated rings. The fourth-order valence-corrected chi connectivity index (χ4v) is 4.86. The highest BCUT2D eigenvalue weighted by atomic mass is 19.1. The first-order chi connectivity index (χ1) is 16.2. The molecule has 2 aliphatic rings. The first kappa shape index (κ1) is 22.3. The molecule has 3 aromatic rings. The maximum Gasteiger partial charge on any atom is 0.518 e. The number of carbonyl (C=O) groups is 1. The maximum absolute atomic E-state index is 15.9. The van der Waals surface area contributed by atoms with Crippen LogP contribution in [0.25, 0.3) is 10.9 Å². The first-order valence-electron chi connectivity index (χ1n) is 11.1. The lowest BCUT2D eigenvalue weighted by molar-refractivity contribution is 0.0694. The number of anilines is 1. The van der Waals surface area contributed by atoms with E-state index in [2.05, 4.69) is 0 Å². The zero-order chi connectivity index (χ0) is 24.3. The van der Waals surface area contributed by atoms with Crippen molar-refractivity contribution in [3.63, 3.8) is 0 Å². The Kier molecular flexibility index (Phi) is 5.31. The highest BCUT2D eigenvalue weighted by Gasteiger charge is 2.34. The number of aromatic nitrogens is 1. The lowest BCUT2D eigenvalue weighted by Crippen LogP contribution is -2.53. The SMILES string of the molecule is CC1CN(c2c(F)cc3c(=O)c(C(=O)O)cn(C4CC4)c3c2F)CCN1[C@@H](C)c1coc(=O)o1. The van der Waals surface area contributed by atoms with Gasteiger partial charge in [0.1, 0.15) is 23.3 Å². The van der Waals surface area contributed by atoms with Crippen LogP contribution < -0.4 is 16.2 Å². The van der Waals surface area contributed by atoms with E-state index in [1.165, 1.54) is 10.8 Å². The maximum atomic E-state index is 15.9. The Morgan fingerprint density at radius 1 is 1.24 bits per heavy atom. The van der Waals surface area contributed by atoms with Crippen molar-refractivity contribution in [2.24, 2.45) is 0 Å². The predicted molar refractivity (Wildman–Crippen MR) is 117 cm³/mol. The van der Waals surface area contributed by atoms with Gasteiger partial charge < -0.3 is 23.4 Å². The summed E-state index contributed by atoms with van der Waals surface area (Å²) in [6, 6.07) is 0.388. The van der Waals surface area contributed by atoms with Crippen molar-refractivity contribution in [1.29, 1.82) is 0 Å². The second kappa shape index (κ2) is 8.08. The molecule has 11 heteroatoms. The van der Waals surface area contributed by atoms with E-state index in [9.17, 15) is 19.5 Å². The van der Waals surface area contributed by atoms with E-state index in [1.807, 2.05) is 18.7 Å². The van der Waals surface area contributed by atoms with Crippen LogP contribution >= 0.6 is 0 Å². The summed E-state index contributed by atoms with van der Waals surface area (Å²) in [6.07, 6.45) is 3.87. The molecule has 1 aliphatic carbocycles. The van der Waals surface area contributed by atoms with Crippen LogP contribution in [0.4, 0.5) is 14.5 Å². The Morgan fingerprint density at radius 3 is 2.56 bits per heavy atom. The average Bonchev–Trinajstić information content (AvgIpc) is 3.53. The number of benzene rings is 1. The average molecular weight is 475 g/mol. The summed E-state index contributed by atoms with van der Waals surface area (Å²) in [7, 11) is 0. The van der Waals surface area contributed by atoms with Gasteiger partial charge in [-0.2, -0.15) is 0 Å². The monoisotopic (exact) mass is 475 g/mol. The zero-order valence-corrected chi connectivity index (χ0v) is 18.6. The molecule has 34 heavy (non-hydrogen) atoms. The van der Waals surface area contributed by atoms with E-state index in [4.69, 9.17) is 8.83 Å².